The molecule has 1 N–H and O–H groups in total. The van der Waals surface area contributed by atoms with Gasteiger partial charge in [0.1, 0.15) is 5.75 Å². The second kappa shape index (κ2) is 6.76. The maximum absolute atomic E-state index is 12.4. The number of esters is 1. The zero-order valence-corrected chi connectivity index (χ0v) is 15.4. The number of carbonyl (C=O) groups excluding carboxylic acids is 1. The standard InChI is InChI=1S/C19H17N3O6/c1-11-10-19(2,3)20-17-5-4-15(9-16(11)17)28-18(23)12-6-13(21(24)25)8-14(7-12)22(26)27/h4-10,20H,1-3H3. The van der Waals surface area contributed by atoms with Crippen molar-refractivity contribution in [2.45, 2.75) is 26.3 Å². The SMILES string of the molecule is CC1=CC(C)(C)Nc2ccc(OC(=O)c3cc([N+](=O)[O-])cc([N+](=O)[O-])c3)cc21. The molecule has 2 aromatic carbocycles. The van der Waals surface area contributed by atoms with Crippen LogP contribution in [0.25, 0.3) is 5.57 Å². The number of nitro groups is 2. The van der Waals surface area contributed by atoms with Crippen molar-refractivity contribution in [2.24, 2.45) is 0 Å². The lowest BCUT2D eigenvalue weighted by Gasteiger charge is -2.31. The minimum atomic E-state index is -0.919. The Morgan fingerprint density at radius 1 is 1.04 bits per heavy atom. The highest BCUT2D eigenvalue weighted by atomic mass is 16.6. The summed E-state index contributed by atoms with van der Waals surface area (Å²) in [4.78, 5) is 32.8. The number of rotatable bonds is 4. The quantitative estimate of drug-likeness (QED) is 0.360. The summed E-state index contributed by atoms with van der Waals surface area (Å²) in [5.74, 6) is -0.690. The molecular weight excluding hydrogens is 366 g/mol. The molecule has 0 aromatic heterocycles. The average Bonchev–Trinajstić information content (AvgIpc) is 2.61. The van der Waals surface area contributed by atoms with Crippen LogP contribution in [0.2, 0.25) is 0 Å². The van der Waals surface area contributed by atoms with Crippen molar-refractivity contribution in [3.8, 4) is 5.75 Å². The van der Waals surface area contributed by atoms with Gasteiger partial charge in [-0.1, -0.05) is 6.08 Å². The number of non-ortho nitro benzene ring substituents is 2. The van der Waals surface area contributed by atoms with Crippen LogP contribution in [0.5, 0.6) is 5.75 Å². The van der Waals surface area contributed by atoms with Gasteiger partial charge in [0.05, 0.1) is 27.0 Å². The van der Waals surface area contributed by atoms with E-state index in [0.29, 0.717) is 0 Å². The van der Waals surface area contributed by atoms with E-state index in [4.69, 9.17) is 4.74 Å². The summed E-state index contributed by atoms with van der Waals surface area (Å²) in [6.07, 6.45) is 2.05. The number of nitrogens with one attached hydrogen (secondary N) is 1. The molecule has 0 spiro atoms. The summed E-state index contributed by atoms with van der Waals surface area (Å²) in [5.41, 5.74) is 1.14. The van der Waals surface area contributed by atoms with Crippen molar-refractivity contribution in [1.29, 1.82) is 0 Å². The third-order valence-corrected chi connectivity index (χ3v) is 4.22. The number of anilines is 1. The fourth-order valence-corrected chi connectivity index (χ4v) is 3.11. The Hall–Kier alpha value is -3.75. The van der Waals surface area contributed by atoms with Crippen LogP contribution >= 0.6 is 0 Å². The van der Waals surface area contributed by atoms with Crippen LogP contribution in [0.4, 0.5) is 17.1 Å². The van der Waals surface area contributed by atoms with E-state index in [-0.39, 0.29) is 16.9 Å². The zero-order valence-electron chi connectivity index (χ0n) is 15.4. The molecule has 1 aliphatic rings. The Kier molecular flexibility index (Phi) is 4.60. The lowest BCUT2D eigenvalue weighted by molar-refractivity contribution is -0.394. The molecule has 0 bridgehead atoms. The maximum atomic E-state index is 12.4. The average molecular weight is 383 g/mol. The molecule has 9 heteroatoms. The second-order valence-electron chi connectivity index (χ2n) is 7.02. The largest absolute Gasteiger partial charge is 0.423 e. The van der Waals surface area contributed by atoms with Gasteiger partial charge < -0.3 is 10.1 Å². The van der Waals surface area contributed by atoms with Crippen LogP contribution in [0.1, 0.15) is 36.7 Å². The molecule has 144 valence electrons. The third-order valence-electron chi connectivity index (χ3n) is 4.22. The number of hydrogen-bond acceptors (Lipinski definition) is 7. The number of hydrogen-bond donors (Lipinski definition) is 1. The van der Waals surface area contributed by atoms with Gasteiger partial charge in [-0.15, -0.1) is 0 Å². The molecule has 3 rings (SSSR count). The molecule has 2 aromatic rings. The molecule has 0 fully saturated rings. The Bertz CT molecular complexity index is 1010. The van der Waals surface area contributed by atoms with Crippen LogP contribution in [0.15, 0.2) is 42.5 Å². The van der Waals surface area contributed by atoms with Gasteiger partial charge in [-0.25, -0.2) is 4.79 Å². The first-order chi connectivity index (χ1) is 13.1. The molecule has 0 aliphatic carbocycles. The van der Waals surface area contributed by atoms with Gasteiger partial charge in [0.2, 0.25) is 0 Å². The summed E-state index contributed by atoms with van der Waals surface area (Å²) in [6, 6.07) is 7.71. The minimum Gasteiger partial charge on any atom is -0.423 e. The Balaban J connectivity index is 1.91. The van der Waals surface area contributed by atoms with E-state index in [9.17, 15) is 25.0 Å². The van der Waals surface area contributed by atoms with Crippen molar-refractivity contribution in [1.82, 2.24) is 0 Å². The van der Waals surface area contributed by atoms with Gasteiger partial charge in [0.15, 0.2) is 0 Å². The van der Waals surface area contributed by atoms with Crippen LogP contribution in [0.3, 0.4) is 0 Å². The number of nitrogens with zero attached hydrogens (tertiary/aromatic N) is 2. The number of benzene rings is 2. The highest BCUT2D eigenvalue weighted by molar-refractivity contribution is 5.93. The minimum absolute atomic E-state index is 0.211. The molecule has 9 nitrogen and oxygen atoms in total. The van der Waals surface area contributed by atoms with E-state index in [1.807, 2.05) is 26.8 Å². The number of ether oxygens (including phenoxy) is 1. The van der Waals surface area contributed by atoms with Crippen LogP contribution in [-0.2, 0) is 0 Å². The lowest BCUT2D eigenvalue weighted by atomic mass is 9.91. The molecule has 0 amide bonds. The number of allylic oxidation sites excluding steroid dienone is 1. The summed E-state index contributed by atoms with van der Waals surface area (Å²) >= 11 is 0. The zero-order chi connectivity index (χ0) is 20.6. The molecule has 0 radical (unpaired) electrons. The molecule has 0 saturated carbocycles. The van der Waals surface area contributed by atoms with Crippen LogP contribution in [0, 0.1) is 20.2 Å². The predicted molar refractivity (Wildman–Crippen MR) is 103 cm³/mol. The van der Waals surface area contributed by atoms with E-state index in [0.717, 1.165) is 35.0 Å². The molecule has 0 unspecified atom stereocenters. The topological polar surface area (TPSA) is 125 Å². The first-order valence-electron chi connectivity index (χ1n) is 8.34. The third kappa shape index (κ3) is 3.83. The fourth-order valence-electron chi connectivity index (χ4n) is 3.11. The fraction of sp³-hybridized carbons (Fsp3) is 0.211. The molecule has 1 heterocycles. The van der Waals surface area contributed by atoms with Gasteiger partial charge >= 0.3 is 5.97 Å². The Labute approximate surface area is 159 Å². The maximum Gasteiger partial charge on any atom is 0.344 e. The Morgan fingerprint density at radius 3 is 2.21 bits per heavy atom. The summed E-state index contributed by atoms with van der Waals surface area (Å²) in [5, 5.41) is 25.3. The summed E-state index contributed by atoms with van der Waals surface area (Å²) in [6.45, 7) is 6.00. The van der Waals surface area contributed by atoms with Crippen molar-refractivity contribution in [3.63, 3.8) is 0 Å². The highest BCUT2D eigenvalue weighted by Gasteiger charge is 2.24. The first kappa shape index (κ1) is 19.0. The van der Waals surface area contributed by atoms with Gasteiger partial charge in [0, 0.05) is 23.4 Å². The van der Waals surface area contributed by atoms with Crippen molar-refractivity contribution in [3.05, 3.63) is 73.8 Å². The van der Waals surface area contributed by atoms with Crippen LogP contribution in [-0.4, -0.2) is 21.4 Å². The molecule has 1 aliphatic heterocycles. The second-order valence-corrected chi connectivity index (χ2v) is 7.02. The van der Waals surface area contributed by atoms with E-state index >= 15 is 0 Å². The molecular formula is C19H17N3O6. The van der Waals surface area contributed by atoms with Crippen molar-refractivity contribution >= 4 is 28.6 Å². The van der Waals surface area contributed by atoms with E-state index in [2.05, 4.69) is 5.32 Å². The number of fused-ring (bicyclic) bond motifs is 1. The lowest BCUT2D eigenvalue weighted by Crippen LogP contribution is -2.31. The predicted octanol–water partition coefficient (Wildman–Crippen LogP) is 4.33. The van der Waals surface area contributed by atoms with Gasteiger partial charge in [-0.3, -0.25) is 20.2 Å². The molecule has 0 saturated heterocycles. The van der Waals surface area contributed by atoms with E-state index in [1.165, 1.54) is 0 Å². The van der Waals surface area contributed by atoms with Gasteiger partial charge in [0.25, 0.3) is 11.4 Å². The van der Waals surface area contributed by atoms with Crippen LogP contribution < -0.4 is 10.1 Å². The summed E-state index contributed by atoms with van der Waals surface area (Å²) in [7, 11) is 0. The Morgan fingerprint density at radius 2 is 1.64 bits per heavy atom. The molecule has 0 atom stereocenters. The molecule has 28 heavy (non-hydrogen) atoms. The smallest absolute Gasteiger partial charge is 0.344 e. The van der Waals surface area contributed by atoms with E-state index in [1.54, 1.807) is 18.2 Å². The summed E-state index contributed by atoms with van der Waals surface area (Å²) < 4.78 is 5.30. The number of nitro benzene ring substituents is 2. The normalized spacial score (nSPS) is 14.3. The van der Waals surface area contributed by atoms with Crippen molar-refractivity contribution in [2.75, 3.05) is 5.32 Å². The van der Waals surface area contributed by atoms with Gasteiger partial charge in [-0.05, 0) is 44.5 Å². The van der Waals surface area contributed by atoms with Gasteiger partial charge in [-0.2, -0.15) is 0 Å². The first-order valence-corrected chi connectivity index (χ1v) is 8.34. The number of carbonyl (C=O) groups is 1. The van der Waals surface area contributed by atoms with Crippen molar-refractivity contribution < 1.29 is 19.4 Å². The highest BCUT2D eigenvalue weighted by Crippen LogP contribution is 2.36. The van der Waals surface area contributed by atoms with E-state index < -0.39 is 27.2 Å². The monoisotopic (exact) mass is 383 g/mol.